The van der Waals surface area contributed by atoms with E-state index in [2.05, 4.69) is 14.8 Å². The van der Waals surface area contributed by atoms with Crippen LogP contribution in [0, 0.1) is 11.3 Å². The zero-order valence-corrected chi connectivity index (χ0v) is 16.1. The molecular formula is C18H29N3O3S. The summed E-state index contributed by atoms with van der Waals surface area (Å²) < 4.78 is 10.7. The van der Waals surface area contributed by atoms with Crippen LogP contribution >= 0.6 is 11.3 Å². The number of hydrogen-bond donors (Lipinski definition) is 0. The average Bonchev–Trinajstić information content (AvgIpc) is 3.18. The lowest BCUT2D eigenvalue weighted by Crippen LogP contribution is -2.42. The summed E-state index contributed by atoms with van der Waals surface area (Å²) in [7, 11) is 1.73. The molecule has 2 atom stereocenters. The first-order valence-corrected chi connectivity index (χ1v) is 10.0. The average molecular weight is 368 g/mol. The smallest absolute Gasteiger partial charge is 0.313 e. The van der Waals surface area contributed by atoms with Crippen LogP contribution in [0.2, 0.25) is 0 Å². The number of hydrogen-bond acceptors (Lipinski definition) is 7. The number of esters is 1. The molecule has 1 aromatic heterocycles. The maximum atomic E-state index is 12.9. The number of methoxy groups -OCH3 is 1. The van der Waals surface area contributed by atoms with Crippen LogP contribution in [0.5, 0.6) is 0 Å². The van der Waals surface area contributed by atoms with Crippen molar-refractivity contribution in [3.8, 4) is 0 Å². The summed E-state index contributed by atoms with van der Waals surface area (Å²) >= 11 is 1.70. The Labute approximate surface area is 154 Å². The molecule has 0 N–H and O–H groups in total. The summed E-state index contributed by atoms with van der Waals surface area (Å²) in [5, 5.41) is 3.18. The topological polar surface area (TPSA) is 54.9 Å². The zero-order chi connectivity index (χ0) is 17.7. The van der Waals surface area contributed by atoms with Crippen LogP contribution in [0.4, 0.5) is 0 Å². The summed E-state index contributed by atoms with van der Waals surface area (Å²) in [6.45, 7) is 8.50. The van der Waals surface area contributed by atoms with Gasteiger partial charge in [0.25, 0.3) is 0 Å². The molecule has 2 aliphatic heterocycles. The predicted molar refractivity (Wildman–Crippen MR) is 97.5 cm³/mol. The van der Waals surface area contributed by atoms with E-state index < -0.39 is 0 Å². The van der Waals surface area contributed by atoms with Crippen LogP contribution in [0.3, 0.4) is 0 Å². The van der Waals surface area contributed by atoms with Gasteiger partial charge in [-0.3, -0.25) is 14.6 Å². The van der Waals surface area contributed by atoms with Crippen molar-refractivity contribution in [1.82, 2.24) is 14.8 Å². The molecule has 0 spiro atoms. The molecule has 0 aromatic carbocycles. The van der Waals surface area contributed by atoms with Crippen LogP contribution in [0.15, 0.2) is 11.6 Å². The second kappa shape index (κ2) is 8.58. The van der Waals surface area contributed by atoms with Gasteiger partial charge in [0, 0.05) is 50.8 Å². The van der Waals surface area contributed by atoms with Gasteiger partial charge in [0.15, 0.2) is 0 Å². The van der Waals surface area contributed by atoms with Crippen molar-refractivity contribution in [1.29, 1.82) is 0 Å². The molecule has 3 rings (SSSR count). The molecule has 3 heterocycles. The Balaban J connectivity index is 1.74. The molecule has 0 radical (unpaired) electrons. The number of aromatic nitrogens is 1. The quantitative estimate of drug-likeness (QED) is 0.686. The molecule has 0 aliphatic carbocycles. The lowest BCUT2D eigenvalue weighted by Gasteiger charge is -2.31. The lowest BCUT2D eigenvalue weighted by atomic mass is 9.75. The van der Waals surface area contributed by atoms with Crippen molar-refractivity contribution in [3.63, 3.8) is 0 Å². The number of likely N-dealkylation sites (tertiary alicyclic amines) is 2. The number of carbonyl (C=O) groups excluding carboxylic acids is 1. The first-order valence-electron chi connectivity index (χ1n) is 9.17. The molecule has 0 unspecified atom stereocenters. The SMILES string of the molecule is CCOC(=O)[C@@]12CCCN(Cc3nccs3)C[C@@H]1CN(CCOC)C2. The number of rotatable bonds is 7. The van der Waals surface area contributed by atoms with Gasteiger partial charge in [0.2, 0.25) is 0 Å². The van der Waals surface area contributed by atoms with E-state index in [-0.39, 0.29) is 11.4 Å². The number of fused-ring (bicyclic) bond motifs is 1. The summed E-state index contributed by atoms with van der Waals surface area (Å²) in [6, 6.07) is 0. The first-order chi connectivity index (χ1) is 12.2. The van der Waals surface area contributed by atoms with Gasteiger partial charge >= 0.3 is 5.97 Å². The minimum atomic E-state index is -0.360. The van der Waals surface area contributed by atoms with E-state index in [1.54, 1.807) is 18.4 Å². The van der Waals surface area contributed by atoms with Crippen LogP contribution < -0.4 is 0 Å². The van der Waals surface area contributed by atoms with Crippen molar-refractivity contribution < 1.29 is 14.3 Å². The minimum Gasteiger partial charge on any atom is -0.466 e. The first kappa shape index (κ1) is 18.8. The Morgan fingerprint density at radius 3 is 3.00 bits per heavy atom. The van der Waals surface area contributed by atoms with E-state index in [0.717, 1.165) is 57.1 Å². The van der Waals surface area contributed by atoms with Crippen molar-refractivity contribution in [2.75, 3.05) is 53.0 Å². The summed E-state index contributed by atoms with van der Waals surface area (Å²) in [6.07, 6.45) is 3.80. The van der Waals surface area contributed by atoms with Gasteiger partial charge in [-0.25, -0.2) is 4.98 Å². The molecule has 0 saturated carbocycles. The van der Waals surface area contributed by atoms with Gasteiger partial charge in [-0.15, -0.1) is 11.3 Å². The fourth-order valence-corrected chi connectivity index (χ4v) is 4.94. The van der Waals surface area contributed by atoms with Crippen LogP contribution in [-0.4, -0.2) is 73.8 Å². The standard InChI is InChI=1S/C18H29N3O3S/c1-3-24-17(22)18-5-4-7-20(13-16-19-6-10-25-16)11-15(18)12-21(14-18)8-9-23-2/h6,10,15H,3-5,7-9,11-14H2,1-2H3/t15-,18-/m1/s1. The van der Waals surface area contributed by atoms with E-state index in [4.69, 9.17) is 9.47 Å². The minimum absolute atomic E-state index is 0.00369. The predicted octanol–water partition coefficient (Wildman–Crippen LogP) is 1.87. The highest BCUT2D eigenvalue weighted by Crippen LogP contribution is 2.43. The second-order valence-electron chi connectivity index (χ2n) is 7.07. The molecule has 25 heavy (non-hydrogen) atoms. The third-order valence-corrected chi connectivity index (χ3v) is 6.24. The van der Waals surface area contributed by atoms with Gasteiger partial charge in [0.1, 0.15) is 5.01 Å². The Bertz CT molecular complexity index is 554. The van der Waals surface area contributed by atoms with Crippen molar-refractivity contribution >= 4 is 17.3 Å². The Morgan fingerprint density at radius 1 is 1.44 bits per heavy atom. The lowest BCUT2D eigenvalue weighted by molar-refractivity contribution is -0.157. The highest BCUT2D eigenvalue weighted by molar-refractivity contribution is 7.09. The molecule has 0 amide bonds. The van der Waals surface area contributed by atoms with Crippen molar-refractivity contribution in [2.24, 2.45) is 11.3 Å². The molecule has 6 nitrogen and oxygen atoms in total. The maximum Gasteiger partial charge on any atom is 0.313 e. The summed E-state index contributed by atoms with van der Waals surface area (Å²) in [5.41, 5.74) is -0.360. The van der Waals surface area contributed by atoms with Crippen LogP contribution in [0.25, 0.3) is 0 Å². The number of carbonyl (C=O) groups is 1. The van der Waals surface area contributed by atoms with Crippen LogP contribution in [0.1, 0.15) is 24.8 Å². The fraction of sp³-hybridized carbons (Fsp3) is 0.778. The monoisotopic (exact) mass is 367 g/mol. The second-order valence-corrected chi connectivity index (χ2v) is 8.05. The normalized spacial score (nSPS) is 27.8. The molecule has 1 aromatic rings. The fourth-order valence-electron chi connectivity index (χ4n) is 4.28. The molecule has 2 aliphatic rings. The van der Waals surface area contributed by atoms with E-state index >= 15 is 0 Å². The number of nitrogens with zero attached hydrogens (tertiary/aromatic N) is 3. The Kier molecular flexibility index (Phi) is 6.44. The van der Waals surface area contributed by atoms with Gasteiger partial charge in [-0.2, -0.15) is 0 Å². The summed E-state index contributed by atoms with van der Waals surface area (Å²) in [4.78, 5) is 22.1. The molecule has 140 valence electrons. The number of ether oxygens (including phenoxy) is 2. The van der Waals surface area contributed by atoms with Crippen molar-refractivity contribution in [3.05, 3.63) is 16.6 Å². The third-order valence-electron chi connectivity index (χ3n) is 5.48. The van der Waals surface area contributed by atoms with Gasteiger partial charge < -0.3 is 9.47 Å². The van der Waals surface area contributed by atoms with Gasteiger partial charge in [0.05, 0.1) is 25.2 Å². The van der Waals surface area contributed by atoms with Gasteiger partial charge in [-0.05, 0) is 26.3 Å². The van der Waals surface area contributed by atoms with E-state index in [1.165, 1.54) is 0 Å². The molecule has 0 bridgehead atoms. The van der Waals surface area contributed by atoms with Crippen LogP contribution in [-0.2, 0) is 20.8 Å². The highest BCUT2D eigenvalue weighted by atomic mass is 32.1. The summed E-state index contributed by atoms with van der Waals surface area (Å²) in [5.74, 6) is 0.307. The van der Waals surface area contributed by atoms with Crippen molar-refractivity contribution in [2.45, 2.75) is 26.3 Å². The highest BCUT2D eigenvalue weighted by Gasteiger charge is 2.53. The molecular weight excluding hydrogens is 338 g/mol. The Hall–Kier alpha value is -1.02. The van der Waals surface area contributed by atoms with E-state index in [1.807, 2.05) is 18.5 Å². The van der Waals surface area contributed by atoms with E-state index in [9.17, 15) is 4.79 Å². The largest absolute Gasteiger partial charge is 0.466 e. The third kappa shape index (κ3) is 4.22. The maximum absolute atomic E-state index is 12.9. The Morgan fingerprint density at radius 2 is 2.28 bits per heavy atom. The van der Waals surface area contributed by atoms with Gasteiger partial charge in [-0.1, -0.05) is 0 Å². The molecule has 7 heteroatoms. The van der Waals surface area contributed by atoms with E-state index in [0.29, 0.717) is 19.1 Å². The molecule has 2 saturated heterocycles. The number of thiazole rings is 1. The molecule has 2 fully saturated rings. The zero-order valence-electron chi connectivity index (χ0n) is 15.3.